The lowest BCUT2D eigenvalue weighted by atomic mass is 9.76. The van der Waals surface area contributed by atoms with Gasteiger partial charge in [-0.25, -0.2) is 9.78 Å². The highest BCUT2D eigenvalue weighted by Gasteiger charge is 2.39. The van der Waals surface area contributed by atoms with Crippen molar-refractivity contribution in [3.63, 3.8) is 0 Å². The summed E-state index contributed by atoms with van der Waals surface area (Å²) < 4.78 is 12.9. The smallest absolute Gasteiger partial charge is 0.356 e. The number of rotatable bonds is 6. The van der Waals surface area contributed by atoms with Gasteiger partial charge in [0.25, 0.3) is 5.91 Å². The third kappa shape index (κ3) is 4.63. The average molecular weight is 427 g/mol. The molecule has 0 saturated carbocycles. The highest BCUT2D eigenvalue weighted by molar-refractivity contribution is 5.97. The van der Waals surface area contributed by atoms with Crippen LogP contribution in [0.15, 0.2) is 18.3 Å². The molecule has 1 amide bonds. The Bertz CT molecular complexity index is 945. The van der Waals surface area contributed by atoms with Crippen molar-refractivity contribution in [1.82, 2.24) is 20.1 Å². The number of pyridine rings is 1. The Morgan fingerprint density at radius 2 is 2.13 bits per heavy atom. The number of aryl methyl sites for hydroxylation is 3. The Hall–Kier alpha value is -2.74. The fourth-order valence-electron chi connectivity index (χ4n) is 4.40. The maximum Gasteiger partial charge on any atom is 0.356 e. The van der Waals surface area contributed by atoms with Gasteiger partial charge in [-0.2, -0.15) is 5.10 Å². The van der Waals surface area contributed by atoms with Crippen molar-refractivity contribution >= 4 is 11.9 Å². The van der Waals surface area contributed by atoms with Crippen LogP contribution < -0.4 is 5.32 Å². The summed E-state index contributed by atoms with van der Waals surface area (Å²) in [4.78, 5) is 29.1. The summed E-state index contributed by atoms with van der Waals surface area (Å²) in [6.45, 7) is 6.93. The molecule has 4 rings (SSSR count). The number of carbonyl (C=O) groups is 2. The van der Waals surface area contributed by atoms with Crippen LogP contribution in [0.4, 0.5) is 0 Å². The van der Waals surface area contributed by atoms with Gasteiger partial charge in [0.2, 0.25) is 0 Å². The van der Waals surface area contributed by atoms with Crippen molar-refractivity contribution in [3.05, 3.63) is 46.5 Å². The molecule has 0 radical (unpaired) electrons. The van der Waals surface area contributed by atoms with Gasteiger partial charge < -0.3 is 14.8 Å². The molecule has 0 bridgehead atoms. The van der Waals surface area contributed by atoms with Crippen LogP contribution in [0, 0.1) is 12.3 Å². The van der Waals surface area contributed by atoms with Crippen LogP contribution >= 0.6 is 0 Å². The lowest BCUT2D eigenvalue weighted by molar-refractivity contribution is 0.0152. The summed E-state index contributed by atoms with van der Waals surface area (Å²) in [5.41, 5.74) is 3.88. The van der Waals surface area contributed by atoms with Crippen LogP contribution in [0.2, 0.25) is 0 Å². The Kier molecular flexibility index (Phi) is 6.36. The van der Waals surface area contributed by atoms with Crippen LogP contribution in [0.5, 0.6) is 0 Å². The van der Waals surface area contributed by atoms with Gasteiger partial charge in [0, 0.05) is 38.9 Å². The summed E-state index contributed by atoms with van der Waals surface area (Å²) in [6, 6.07) is 3.51. The zero-order valence-corrected chi connectivity index (χ0v) is 18.3. The van der Waals surface area contributed by atoms with E-state index in [0.29, 0.717) is 31.6 Å². The predicted molar refractivity (Wildman–Crippen MR) is 114 cm³/mol. The molecule has 0 atom stereocenters. The Labute approximate surface area is 182 Å². The van der Waals surface area contributed by atoms with E-state index in [1.54, 1.807) is 12.3 Å². The van der Waals surface area contributed by atoms with Crippen LogP contribution in [-0.4, -0.2) is 53.0 Å². The maximum absolute atomic E-state index is 12.9. The summed E-state index contributed by atoms with van der Waals surface area (Å²) in [6.07, 6.45) is 5.64. The third-order valence-corrected chi connectivity index (χ3v) is 6.28. The molecule has 8 nitrogen and oxygen atoms in total. The molecular weight excluding hydrogens is 396 g/mol. The van der Waals surface area contributed by atoms with Gasteiger partial charge >= 0.3 is 5.97 Å². The molecule has 2 aromatic rings. The second-order valence-electron chi connectivity index (χ2n) is 8.53. The lowest BCUT2D eigenvalue weighted by Crippen LogP contribution is -2.40. The fraction of sp³-hybridized carbons (Fsp3) is 0.565. The maximum atomic E-state index is 12.9. The molecule has 1 saturated heterocycles. The van der Waals surface area contributed by atoms with Gasteiger partial charge in [0.1, 0.15) is 5.69 Å². The molecule has 166 valence electrons. The normalized spacial score (nSPS) is 17.7. The van der Waals surface area contributed by atoms with E-state index in [2.05, 4.69) is 10.3 Å². The highest BCUT2D eigenvalue weighted by Crippen LogP contribution is 2.37. The van der Waals surface area contributed by atoms with E-state index in [4.69, 9.17) is 14.6 Å². The molecule has 0 aromatic carbocycles. The monoisotopic (exact) mass is 426 g/mol. The van der Waals surface area contributed by atoms with Crippen molar-refractivity contribution in [2.24, 2.45) is 5.41 Å². The first-order valence-electron chi connectivity index (χ1n) is 11.1. The number of amides is 1. The topological polar surface area (TPSA) is 95.3 Å². The van der Waals surface area contributed by atoms with Gasteiger partial charge in [0.15, 0.2) is 0 Å². The zero-order valence-electron chi connectivity index (χ0n) is 18.3. The van der Waals surface area contributed by atoms with Crippen LogP contribution in [0.25, 0.3) is 0 Å². The van der Waals surface area contributed by atoms with Gasteiger partial charge in [-0.05, 0) is 49.7 Å². The average Bonchev–Trinajstić information content (AvgIpc) is 3.06. The first-order chi connectivity index (χ1) is 15.0. The summed E-state index contributed by atoms with van der Waals surface area (Å²) in [5, 5.41) is 7.87. The Balaban J connectivity index is 1.44. The first kappa shape index (κ1) is 21.5. The van der Waals surface area contributed by atoms with Crippen LogP contribution in [0.1, 0.15) is 64.0 Å². The molecule has 4 heterocycles. The lowest BCUT2D eigenvalue weighted by Gasteiger charge is -2.36. The Morgan fingerprint density at radius 3 is 2.84 bits per heavy atom. The molecule has 1 N–H and O–H groups in total. The largest absolute Gasteiger partial charge is 0.461 e. The number of aromatic nitrogens is 3. The van der Waals surface area contributed by atoms with E-state index in [1.807, 2.05) is 24.6 Å². The highest BCUT2D eigenvalue weighted by atomic mass is 16.5. The van der Waals surface area contributed by atoms with Crippen molar-refractivity contribution < 1.29 is 19.1 Å². The number of esters is 1. The first-order valence-corrected chi connectivity index (χ1v) is 11.1. The summed E-state index contributed by atoms with van der Waals surface area (Å²) >= 11 is 0. The fourth-order valence-corrected chi connectivity index (χ4v) is 4.40. The van der Waals surface area contributed by atoms with Crippen molar-refractivity contribution in [1.29, 1.82) is 0 Å². The number of carbonyl (C=O) groups excluding carboxylic acids is 2. The van der Waals surface area contributed by atoms with E-state index >= 15 is 0 Å². The van der Waals surface area contributed by atoms with E-state index in [0.717, 1.165) is 55.0 Å². The second kappa shape index (κ2) is 9.18. The number of ether oxygens (including phenoxy) is 2. The number of fused-ring (bicyclic) bond motifs is 1. The van der Waals surface area contributed by atoms with Crippen LogP contribution in [0.3, 0.4) is 0 Å². The minimum absolute atomic E-state index is 0.0194. The molecule has 0 aliphatic carbocycles. The predicted octanol–water partition coefficient (Wildman–Crippen LogP) is 2.48. The van der Waals surface area contributed by atoms with Gasteiger partial charge in [-0.15, -0.1) is 0 Å². The molecule has 0 unspecified atom stereocenters. The molecule has 31 heavy (non-hydrogen) atoms. The number of hydrogen-bond donors (Lipinski definition) is 1. The van der Waals surface area contributed by atoms with E-state index in [-0.39, 0.29) is 17.9 Å². The van der Waals surface area contributed by atoms with Crippen molar-refractivity contribution in [3.8, 4) is 0 Å². The van der Waals surface area contributed by atoms with Gasteiger partial charge in [-0.1, -0.05) is 13.0 Å². The summed E-state index contributed by atoms with van der Waals surface area (Å²) in [5.74, 6) is -0.451. The van der Waals surface area contributed by atoms with Crippen molar-refractivity contribution in [2.45, 2.75) is 52.5 Å². The number of hydrogen-bond acceptors (Lipinski definition) is 6. The Morgan fingerprint density at radius 1 is 1.32 bits per heavy atom. The summed E-state index contributed by atoms with van der Waals surface area (Å²) in [7, 11) is 0. The molecule has 1 fully saturated rings. The molecule has 2 aromatic heterocycles. The number of nitrogens with one attached hydrogen (secondary N) is 1. The minimum Gasteiger partial charge on any atom is -0.461 e. The minimum atomic E-state index is -0.422. The van der Waals surface area contributed by atoms with Gasteiger partial charge in [0.05, 0.1) is 23.6 Å². The molecule has 1 spiro atoms. The standard InChI is InChI=1S/C23H30N4O4/c1-3-17-20-19(13-23(15-25-21(20)28)7-11-30-12-8-23)27(26-17)9-4-10-31-22(29)18-6-5-16(2)14-24-18/h5-6,14H,3-4,7-13,15H2,1-2H3,(H,25,28). The zero-order chi connectivity index (χ0) is 21.8. The quantitative estimate of drug-likeness (QED) is 0.563. The third-order valence-electron chi connectivity index (χ3n) is 6.28. The number of nitrogens with zero attached hydrogens (tertiary/aromatic N) is 3. The van der Waals surface area contributed by atoms with Gasteiger partial charge in [-0.3, -0.25) is 9.48 Å². The van der Waals surface area contributed by atoms with E-state index in [9.17, 15) is 9.59 Å². The molecule has 2 aliphatic rings. The SMILES string of the molecule is CCc1nn(CCCOC(=O)c2ccc(C)cn2)c2c1C(=O)NCC1(CCOCC1)C2. The molecule has 8 heteroatoms. The molecular formula is C23H30N4O4. The molecule has 2 aliphatic heterocycles. The second-order valence-corrected chi connectivity index (χ2v) is 8.53. The van der Waals surface area contributed by atoms with E-state index in [1.165, 1.54) is 0 Å². The van der Waals surface area contributed by atoms with Crippen LogP contribution in [-0.2, 0) is 28.9 Å². The van der Waals surface area contributed by atoms with E-state index < -0.39 is 5.97 Å². The van der Waals surface area contributed by atoms with Crippen molar-refractivity contribution in [2.75, 3.05) is 26.4 Å².